The van der Waals surface area contributed by atoms with Crippen LogP contribution in [0.15, 0.2) is 54.7 Å². The first-order valence-corrected chi connectivity index (χ1v) is 11.6. The number of hydrogen-bond donors (Lipinski definition) is 3. The third-order valence-electron chi connectivity index (χ3n) is 6.19. The quantitative estimate of drug-likeness (QED) is 0.407. The minimum absolute atomic E-state index is 0.349. The number of benzene rings is 2. The van der Waals surface area contributed by atoms with Gasteiger partial charge in [0.25, 0.3) is 0 Å². The first-order valence-electron chi connectivity index (χ1n) is 11.6. The summed E-state index contributed by atoms with van der Waals surface area (Å²) in [5.41, 5.74) is 18.3. The SMILES string of the molecule is N#Cc1ccc2c(c1)CCCC2.N=C(c1ccnc(N2CCOCC2)c1)c1cc(N)ccc1N. The Kier molecular flexibility index (Phi) is 7.41. The monoisotopic (exact) mass is 454 g/mol. The summed E-state index contributed by atoms with van der Waals surface area (Å²) in [6.07, 6.45) is 6.66. The standard InChI is InChI=1S/C16H19N5O.C11H11N/c17-12-1-2-14(18)13(10-12)16(19)11-3-4-20-15(9-11)21-5-7-22-8-6-21;12-8-9-5-6-10-3-1-2-4-11(10)7-9/h1-4,9-10,19H,5-8,17-18H2;5-7H,1-4H2. The summed E-state index contributed by atoms with van der Waals surface area (Å²) in [6, 6.07) is 17.2. The number of nitrogens with two attached hydrogens (primary N) is 2. The van der Waals surface area contributed by atoms with Crippen LogP contribution in [0.2, 0.25) is 0 Å². The summed E-state index contributed by atoms with van der Waals surface area (Å²) < 4.78 is 5.36. The van der Waals surface area contributed by atoms with E-state index >= 15 is 0 Å². The highest BCUT2D eigenvalue weighted by Gasteiger charge is 2.15. The Hall–Kier alpha value is -3.89. The van der Waals surface area contributed by atoms with Gasteiger partial charge in [-0.2, -0.15) is 5.26 Å². The number of morpholine rings is 1. The van der Waals surface area contributed by atoms with Crippen molar-refractivity contribution in [3.63, 3.8) is 0 Å². The van der Waals surface area contributed by atoms with Gasteiger partial charge in [0.05, 0.1) is 30.6 Å². The molecule has 0 amide bonds. The van der Waals surface area contributed by atoms with Crippen molar-refractivity contribution in [2.75, 3.05) is 42.7 Å². The average Bonchev–Trinajstić information content (AvgIpc) is 2.90. The van der Waals surface area contributed by atoms with E-state index in [2.05, 4.69) is 22.0 Å². The Bertz CT molecular complexity index is 1210. The number of nitrogens with zero attached hydrogens (tertiary/aromatic N) is 3. The summed E-state index contributed by atoms with van der Waals surface area (Å²) in [5, 5.41) is 17.1. The third kappa shape index (κ3) is 5.53. The largest absolute Gasteiger partial charge is 0.399 e. The van der Waals surface area contributed by atoms with E-state index in [1.54, 1.807) is 24.4 Å². The van der Waals surface area contributed by atoms with Crippen molar-refractivity contribution in [2.24, 2.45) is 0 Å². The van der Waals surface area contributed by atoms with Crippen LogP contribution in [-0.4, -0.2) is 37.0 Å². The van der Waals surface area contributed by atoms with Crippen LogP contribution < -0.4 is 16.4 Å². The number of nitrogens with one attached hydrogen (secondary N) is 1. The molecule has 7 nitrogen and oxygen atoms in total. The van der Waals surface area contributed by atoms with Gasteiger partial charge in [0.15, 0.2) is 0 Å². The molecule has 0 unspecified atom stereocenters. The molecule has 5 N–H and O–H groups in total. The summed E-state index contributed by atoms with van der Waals surface area (Å²) in [5.74, 6) is 0.855. The molecule has 34 heavy (non-hydrogen) atoms. The Morgan fingerprint density at radius 1 is 0.971 bits per heavy atom. The van der Waals surface area contributed by atoms with Crippen LogP contribution in [0.4, 0.5) is 17.2 Å². The van der Waals surface area contributed by atoms with Crippen LogP contribution in [0, 0.1) is 16.7 Å². The molecule has 1 aromatic heterocycles. The van der Waals surface area contributed by atoms with Gasteiger partial charge in [0.2, 0.25) is 0 Å². The number of rotatable bonds is 3. The lowest BCUT2D eigenvalue weighted by Crippen LogP contribution is -2.36. The van der Waals surface area contributed by atoms with E-state index in [0.29, 0.717) is 35.9 Å². The maximum atomic E-state index is 8.69. The Morgan fingerprint density at radius 3 is 2.50 bits per heavy atom. The molecule has 2 aliphatic rings. The molecule has 0 saturated carbocycles. The lowest BCUT2D eigenvalue weighted by atomic mass is 9.91. The highest BCUT2D eigenvalue weighted by molar-refractivity contribution is 6.14. The second kappa shape index (κ2) is 10.8. The zero-order valence-electron chi connectivity index (χ0n) is 19.3. The number of hydrogen-bond acceptors (Lipinski definition) is 7. The molecule has 0 atom stereocenters. The highest BCUT2D eigenvalue weighted by Crippen LogP contribution is 2.23. The van der Waals surface area contributed by atoms with Gasteiger partial charge in [-0.3, -0.25) is 5.41 Å². The Labute approximate surface area is 200 Å². The van der Waals surface area contributed by atoms with E-state index < -0.39 is 0 Å². The number of fused-ring (bicyclic) bond motifs is 1. The topological polar surface area (TPSA) is 125 Å². The van der Waals surface area contributed by atoms with Gasteiger partial charge in [-0.1, -0.05) is 6.07 Å². The third-order valence-corrected chi connectivity index (χ3v) is 6.19. The molecule has 2 heterocycles. The molecule has 1 fully saturated rings. The van der Waals surface area contributed by atoms with E-state index in [0.717, 1.165) is 36.5 Å². The molecule has 0 spiro atoms. The van der Waals surface area contributed by atoms with E-state index in [4.69, 9.17) is 26.9 Å². The van der Waals surface area contributed by atoms with Crippen molar-refractivity contribution >= 4 is 22.9 Å². The Balaban J connectivity index is 0.000000192. The number of nitriles is 1. The predicted octanol–water partition coefficient (Wildman–Crippen LogP) is 3.94. The number of anilines is 3. The molecule has 0 bridgehead atoms. The van der Waals surface area contributed by atoms with E-state index in [1.165, 1.54) is 30.4 Å². The molecule has 1 saturated heterocycles. The molecule has 1 aliphatic carbocycles. The van der Waals surface area contributed by atoms with E-state index in [1.807, 2.05) is 24.3 Å². The maximum absolute atomic E-state index is 8.69. The maximum Gasteiger partial charge on any atom is 0.129 e. The van der Waals surface area contributed by atoms with Crippen LogP contribution in [0.25, 0.3) is 0 Å². The molecular formula is C27H30N6O. The summed E-state index contributed by atoms with van der Waals surface area (Å²) in [4.78, 5) is 6.55. The summed E-state index contributed by atoms with van der Waals surface area (Å²) >= 11 is 0. The van der Waals surface area contributed by atoms with Crippen LogP contribution in [0.1, 0.15) is 40.7 Å². The van der Waals surface area contributed by atoms with Gasteiger partial charge < -0.3 is 21.1 Å². The summed E-state index contributed by atoms with van der Waals surface area (Å²) in [7, 11) is 0. The summed E-state index contributed by atoms with van der Waals surface area (Å²) in [6.45, 7) is 3.02. The molecule has 2 aromatic carbocycles. The normalized spacial score (nSPS) is 14.9. The van der Waals surface area contributed by atoms with E-state index in [-0.39, 0.29) is 0 Å². The molecule has 174 valence electrons. The molecule has 1 aliphatic heterocycles. The minimum atomic E-state index is 0.349. The van der Waals surface area contributed by atoms with Gasteiger partial charge in [-0.25, -0.2) is 4.98 Å². The number of aryl methyl sites for hydroxylation is 2. The van der Waals surface area contributed by atoms with Crippen molar-refractivity contribution < 1.29 is 4.74 Å². The van der Waals surface area contributed by atoms with E-state index in [9.17, 15) is 0 Å². The smallest absolute Gasteiger partial charge is 0.129 e. The molecular weight excluding hydrogens is 424 g/mol. The molecule has 3 aromatic rings. The lowest BCUT2D eigenvalue weighted by molar-refractivity contribution is 0.122. The van der Waals surface area contributed by atoms with Crippen LogP contribution in [-0.2, 0) is 17.6 Å². The van der Waals surface area contributed by atoms with Gasteiger partial charge in [-0.15, -0.1) is 0 Å². The second-order valence-corrected chi connectivity index (χ2v) is 8.53. The average molecular weight is 455 g/mol. The van der Waals surface area contributed by atoms with Gasteiger partial charge in [-0.05, 0) is 79.3 Å². The van der Waals surface area contributed by atoms with Gasteiger partial charge in [0, 0.05) is 41.8 Å². The van der Waals surface area contributed by atoms with Crippen LogP contribution in [0.5, 0.6) is 0 Å². The fraction of sp³-hybridized carbons (Fsp3) is 0.296. The van der Waals surface area contributed by atoms with Crippen LogP contribution >= 0.6 is 0 Å². The highest BCUT2D eigenvalue weighted by atomic mass is 16.5. The number of aromatic nitrogens is 1. The molecule has 7 heteroatoms. The molecule has 5 rings (SSSR count). The number of pyridine rings is 1. The fourth-order valence-corrected chi connectivity index (χ4v) is 4.29. The van der Waals surface area contributed by atoms with Crippen molar-refractivity contribution in [3.05, 3.63) is 82.5 Å². The van der Waals surface area contributed by atoms with Crippen LogP contribution in [0.3, 0.4) is 0 Å². The Morgan fingerprint density at radius 2 is 1.74 bits per heavy atom. The minimum Gasteiger partial charge on any atom is -0.399 e. The van der Waals surface area contributed by atoms with Gasteiger partial charge >= 0.3 is 0 Å². The predicted molar refractivity (Wildman–Crippen MR) is 136 cm³/mol. The second-order valence-electron chi connectivity index (χ2n) is 8.53. The molecule has 0 radical (unpaired) electrons. The zero-order chi connectivity index (χ0) is 23.9. The van der Waals surface area contributed by atoms with Crippen molar-refractivity contribution in [2.45, 2.75) is 25.7 Å². The van der Waals surface area contributed by atoms with Crippen molar-refractivity contribution in [3.8, 4) is 6.07 Å². The van der Waals surface area contributed by atoms with Crippen molar-refractivity contribution in [1.82, 2.24) is 4.98 Å². The van der Waals surface area contributed by atoms with Crippen molar-refractivity contribution in [1.29, 1.82) is 10.7 Å². The number of ether oxygens (including phenoxy) is 1. The zero-order valence-corrected chi connectivity index (χ0v) is 19.3. The van der Waals surface area contributed by atoms with Gasteiger partial charge in [0.1, 0.15) is 5.82 Å². The number of nitrogen functional groups attached to an aromatic ring is 2. The fourth-order valence-electron chi connectivity index (χ4n) is 4.29. The first kappa shape index (κ1) is 23.3. The first-order chi connectivity index (χ1) is 16.5. The lowest BCUT2D eigenvalue weighted by Gasteiger charge is -2.28.